The third-order valence-electron chi connectivity index (χ3n) is 2.69. The second-order valence-corrected chi connectivity index (χ2v) is 4.05. The molecule has 8 heteroatoms. The first-order valence-electron chi connectivity index (χ1n) is 5.62. The molecule has 0 spiro atoms. The minimum Gasteiger partial charge on any atom is -0.400 e. The largest absolute Gasteiger partial charge is 0.400 e. The van der Waals surface area contributed by atoms with Crippen LogP contribution in [0.3, 0.4) is 0 Å². The second kappa shape index (κ2) is 4.51. The third kappa shape index (κ3) is 1.96. The van der Waals surface area contributed by atoms with Crippen LogP contribution in [-0.4, -0.2) is 44.3 Å². The molecule has 2 heterocycles. The van der Waals surface area contributed by atoms with Crippen molar-refractivity contribution in [1.82, 2.24) is 9.97 Å². The maximum absolute atomic E-state index is 11.5. The highest BCUT2D eigenvalue weighted by molar-refractivity contribution is 5.89. The molecule has 1 aliphatic heterocycles. The van der Waals surface area contributed by atoms with Crippen molar-refractivity contribution in [3.63, 3.8) is 0 Å². The Hall–Kier alpha value is -2.58. The Labute approximate surface area is 111 Å². The first-order valence-corrected chi connectivity index (χ1v) is 5.62. The maximum atomic E-state index is 11.5. The number of carbonyl (C=O) groups excluding carboxylic acids is 2. The zero-order valence-corrected chi connectivity index (χ0v) is 9.89. The van der Waals surface area contributed by atoms with Crippen molar-refractivity contribution in [2.75, 3.05) is 0 Å². The van der Waals surface area contributed by atoms with Crippen LogP contribution in [0.2, 0.25) is 0 Å². The number of hydrogen-bond acceptors (Lipinski definition) is 8. The summed E-state index contributed by atoms with van der Waals surface area (Å²) >= 11 is 0. The molecule has 2 aromatic rings. The summed E-state index contributed by atoms with van der Waals surface area (Å²) in [5.41, 5.74) is 0.844. The number of carbonyl (C=O) groups is 2. The zero-order chi connectivity index (χ0) is 14.3. The van der Waals surface area contributed by atoms with Crippen LogP contribution in [0.15, 0.2) is 24.3 Å². The van der Waals surface area contributed by atoms with E-state index in [2.05, 4.69) is 9.97 Å². The van der Waals surface area contributed by atoms with Crippen molar-refractivity contribution in [1.29, 1.82) is 0 Å². The van der Waals surface area contributed by atoms with Gasteiger partial charge in [-0.25, -0.2) is 19.6 Å². The fraction of sp³-hybridized carbons (Fsp3) is 0.167. The third-order valence-corrected chi connectivity index (χ3v) is 2.69. The van der Waals surface area contributed by atoms with Gasteiger partial charge in [-0.2, -0.15) is 0 Å². The lowest BCUT2D eigenvalue weighted by atomic mass is 10.2. The summed E-state index contributed by atoms with van der Waals surface area (Å²) in [6.45, 7) is 0. The Morgan fingerprint density at radius 1 is 0.850 bits per heavy atom. The Morgan fingerprint density at radius 3 is 1.65 bits per heavy atom. The van der Waals surface area contributed by atoms with E-state index in [-0.39, 0.29) is 11.8 Å². The minimum absolute atomic E-state index is 0.340. The summed E-state index contributed by atoms with van der Waals surface area (Å²) in [7, 11) is 0. The smallest absolute Gasteiger partial charge is 0.345 e. The van der Waals surface area contributed by atoms with Gasteiger partial charge in [0, 0.05) is 0 Å². The maximum Gasteiger partial charge on any atom is 0.345 e. The molecule has 2 N–H and O–H groups in total. The molecule has 20 heavy (non-hydrogen) atoms. The van der Waals surface area contributed by atoms with E-state index < -0.39 is 24.1 Å². The number of esters is 2. The molecular weight excluding hydrogens is 268 g/mol. The van der Waals surface area contributed by atoms with E-state index in [9.17, 15) is 19.8 Å². The number of aliphatic hydroxyl groups is 2. The number of fused-ring (bicyclic) bond motifs is 2. The van der Waals surface area contributed by atoms with Gasteiger partial charge in [0.05, 0.1) is 11.0 Å². The number of aromatic nitrogens is 2. The van der Waals surface area contributed by atoms with Gasteiger partial charge in [-0.05, 0) is 12.1 Å². The molecule has 0 aliphatic carbocycles. The van der Waals surface area contributed by atoms with Gasteiger partial charge in [-0.1, -0.05) is 12.1 Å². The molecule has 0 bridgehead atoms. The first kappa shape index (κ1) is 12.5. The van der Waals surface area contributed by atoms with Crippen LogP contribution >= 0.6 is 0 Å². The molecule has 102 valence electrons. The molecule has 3 rings (SSSR count). The number of rotatable bonds is 0. The van der Waals surface area contributed by atoms with Gasteiger partial charge in [-0.15, -0.1) is 0 Å². The molecular formula is C12H8N2O6. The Morgan fingerprint density at radius 2 is 1.25 bits per heavy atom. The summed E-state index contributed by atoms with van der Waals surface area (Å²) in [4.78, 5) is 31.0. The molecule has 0 saturated carbocycles. The van der Waals surface area contributed by atoms with Crippen LogP contribution in [0.25, 0.3) is 11.0 Å². The van der Waals surface area contributed by atoms with Crippen molar-refractivity contribution in [3.8, 4) is 11.8 Å². The van der Waals surface area contributed by atoms with Crippen molar-refractivity contribution in [2.45, 2.75) is 12.2 Å². The fourth-order valence-corrected chi connectivity index (χ4v) is 1.67. The van der Waals surface area contributed by atoms with E-state index in [1.165, 1.54) is 0 Å². The van der Waals surface area contributed by atoms with Gasteiger partial charge in [0.1, 0.15) is 0 Å². The van der Waals surface area contributed by atoms with E-state index in [0.29, 0.717) is 11.0 Å². The van der Waals surface area contributed by atoms with Crippen molar-refractivity contribution >= 4 is 23.0 Å². The lowest BCUT2D eigenvalue weighted by molar-refractivity contribution is -0.165. The summed E-state index contributed by atoms with van der Waals surface area (Å²) in [5, 5.41) is 18.8. The topological polar surface area (TPSA) is 119 Å². The number of ether oxygens (including phenoxy) is 2. The van der Waals surface area contributed by atoms with E-state index in [1.54, 1.807) is 24.3 Å². The van der Waals surface area contributed by atoms with Crippen molar-refractivity contribution in [3.05, 3.63) is 24.3 Å². The van der Waals surface area contributed by atoms with E-state index in [1.807, 2.05) is 0 Å². The highest BCUT2D eigenvalue weighted by Crippen LogP contribution is 2.28. The minimum atomic E-state index is -2.04. The molecule has 1 aromatic heterocycles. The monoisotopic (exact) mass is 276 g/mol. The van der Waals surface area contributed by atoms with E-state index >= 15 is 0 Å². The van der Waals surface area contributed by atoms with Crippen LogP contribution in [-0.2, 0) is 9.59 Å². The second-order valence-electron chi connectivity index (χ2n) is 4.05. The van der Waals surface area contributed by atoms with E-state index in [4.69, 9.17) is 9.47 Å². The Bertz CT molecular complexity index is 656. The lowest BCUT2D eigenvalue weighted by Gasteiger charge is -2.19. The zero-order valence-electron chi connectivity index (χ0n) is 9.89. The van der Waals surface area contributed by atoms with Gasteiger partial charge < -0.3 is 19.7 Å². The molecule has 2 atom stereocenters. The molecule has 0 radical (unpaired) electrons. The number of nitrogens with zero attached hydrogens (tertiary/aromatic N) is 2. The summed E-state index contributed by atoms with van der Waals surface area (Å²) < 4.78 is 9.55. The number of benzene rings is 1. The molecule has 0 amide bonds. The van der Waals surface area contributed by atoms with Crippen LogP contribution in [0.4, 0.5) is 0 Å². The lowest BCUT2D eigenvalue weighted by Crippen LogP contribution is -2.45. The highest BCUT2D eigenvalue weighted by Gasteiger charge is 2.37. The van der Waals surface area contributed by atoms with Gasteiger partial charge in [0.15, 0.2) is 12.2 Å². The summed E-state index contributed by atoms with van der Waals surface area (Å²) in [6, 6.07) is 6.67. The Balaban J connectivity index is 2.15. The predicted octanol–water partition coefficient (Wildman–Crippen LogP) is -0.824. The van der Waals surface area contributed by atoms with Crippen LogP contribution in [0.5, 0.6) is 11.8 Å². The van der Waals surface area contributed by atoms with Gasteiger partial charge in [0.2, 0.25) is 0 Å². The standard InChI is InChI=1S/C12H8N2O6/c15-7-8(16)12(18)20-10-9(19-11(7)17)13-5-3-1-2-4-6(5)14-10/h1-4,7-8,15-16H. The number of aliphatic hydroxyl groups excluding tert-OH is 2. The quantitative estimate of drug-likeness (QED) is 0.599. The van der Waals surface area contributed by atoms with Crippen molar-refractivity contribution < 1.29 is 29.3 Å². The highest BCUT2D eigenvalue weighted by atomic mass is 16.6. The normalized spacial score (nSPS) is 22.5. The SMILES string of the molecule is O=C1Oc2nc3ccccc3nc2OC(=O)C(O)C1O. The summed E-state index contributed by atoms with van der Waals surface area (Å²) in [5.74, 6) is -3.10. The first-order chi connectivity index (χ1) is 9.56. The van der Waals surface area contributed by atoms with Crippen LogP contribution < -0.4 is 9.47 Å². The van der Waals surface area contributed by atoms with Crippen LogP contribution in [0.1, 0.15) is 0 Å². The molecule has 0 saturated heterocycles. The molecule has 1 aromatic carbocycles. The molecule has 1 aliphatic rings. The average molecular weight is 276 g/mol. The van der Waals surface area contributed by atoms with Crippen molar-refractivity contribution in [2.24, 2.45) is 0 Å². The molecule has 8 nitrogen and oxygen atoms in total. The predicted molar refractivity (Wildman–Crippen MR) is 62.8 cm³/mol. The van der Waals surface area contributed by atoms with Crippen LogP contribution in [0, 0.1) is 0 Å². The fourth-order valence-electron chi connectivity index (χ4n) is 1.67. The summed E-state index contributed by atoms with van der Waals surface area (Å²) in [6.07, 6.45) is -4.08. The van der Waals surface area contributed by atoms with Gasteiger partial charge in [-0.3, -0.25) is 0 Å². The van der Waals surface area contributed by atoms with Gasteiger partial charge in [0.25, 0.3) is 11.8 Å². The van der Waals surface area contributed by atoms with E-state index in [0.717, 1.165) is 0 Å². The molecule has 0 fully saturated rings. The average Bonchev–Trinajstić information content (AvgIpc) is 2.45. The number of para-hydroxylation sites is 2. The number of hydrogen-bond donors (Lipinski definition) is 2. The Kier molecular flexibility index (Phi) is 2.81. The van der Waals surface area contributed by atoms with Gasteiger partial charge >= 0.3 is 11.9 Å². The molecule has 2 unspecified atom stereocenters.